The van der Waals surface area contributed by atoms with E-state index in [1.54, 1.807) is 0 Å². The molecule has 2 aromatic rings. The van der Waals surface area contributed by atoms with Crippen LogP contribution in [0.15, 0.2) is 53.8 Å². The first-order chi connectivity index (χ1) is 10.3. The molecule has 2 rings (SSSR count). The first-order valence-electron chi connectivity index (χ1n) is 6.58. The van der Waals surface area contributed by atoms with Crippen LogP contribution in [0.4, 0.5) is 5.69 Å². The molecule has 21 heavy (non-hydrogen) atoms. The minimum atomic E-state index is 0.605. The summed E-state index contributed by atoms with van der Waals surface area (Å²) in [5.41, 5.74) is 3.32. The predicted molar refractivity (Wildman–Crippen MR) is 87.4 cm³/mol. The Hall–Kier alpha value is -2.32. The highest BCUT2D eigenvalue weighted by Gasteiger charge is 2.03. The summed E-state index contributed by atoms with van der Waals surface area (Å²) < 4.78 is 0. The lowest BCUT2D eigenvalue weighted by atomic mass is 10.0. The van der Waals surface area contributed by atoms with Crippen LogP contribution in [-0.4, -0.2) is 16.4 Å². The maximum atomic E-state index is 8.71. The van der Waals surface area contributed by atoms with Crippen molar-refractivity contribution in [2.24, 2.45) is 4.99 Å². The van der Waals surface area contributed by atoms with Gasteiger partial charge in [-0.2, -0.15) is 5.26 Å². The molecule has 0 saturated heterocycles. The quantitative estimate of drug-likeness (QED) is 0.407. The number of aromatic nitrogens is 1. The summed E-state index contributed by atoms with van der Waals surface area (Å²) in [6.45, 7) is 0. The predicted octanol–water partition coefficient (Wildman–Crippen LogP) is 3.29. The third-order valence-corrected chi connectivity index (χ3v) is 3.58. The van der Waals surface area contributed by atoms with E-state index in [1.807, 2.05) is 55.2 Å². The van der Waals surface area contributed by atoms with Gasteiger partial charge in [0.25, 0.3) is 0 Å². The number of pyridine rings is 1. The van der Waals surface area contributed by atoms with Crippen LogP contribution in [0.2, 0.25) is 0 Å². The molecule has 106 valence electrons. The zero-order valence-corrected chi connectivity index (χ0v) is 12.6. The molecule has 0 amide bonds. The van der Waals surface area contributed by atoms with Crippen LogP contribution in [-0.2, 0) is 12.8 Å². The van der Waals surface area contributed by atoms with Crippen LogP contribution < -0.4 is 5.32 Å². The fourth-order valence-corrected chi connectivity index (χ4v) is 2.28. The van der Waals surface area contributed by atoms with E-state index in [4.69, 9.17) is 5.26 Å². The maximum absolute atomic E-state index is 8.71. The minimum Gasteiger partial charge on any atom is -0.271 e. The second kappa shape index (κ2) is 8.08. The zero-order valence-electron chi connectivity index (χ0n) is 11.8. The molecule has 0 aliphatic heterocycles. The SMILES string of the molecule is CSC(=Nc1ccccc1CCc1ccncc1)NC#N. The fraction of sp³-hybridized carbons (Fsp3) is 0.188. The Balaban J connectivity index is 2.15. The monoisotopic (exact) mass is 296 g/mol. The van der Waals surface area contributed by atoms with Gasteiger partial charge in [-0.1, -0.05) is 30.0 Å². The standard InChI is InChI=1S/C16H16N4S/c1-21-16(19-12-17)20-15-5-3-2-4-14(15)7-6-13-8-10-18-11-9-13/h2-5,8-11H,6-7H2,1H3,(H,19,20). The Morgan fingerprint density at radius 1 is 1.24 bits per heavy atom. The highest BCUT2D eigenvalue weighted by Crippen LogP contribution is 2.21. The Labute approximate surface area is 128 Å². The van der Waals surface area contributed by atoms with Gasteiger partial charge in [0.05, 0.1) is 5.69 Å². The summed E-state index contributed by atoms with van der Waals surface area (Å²) in [6, 6.07) is 12.1. The van der Waals surface area contributed by atoms with Gasteiger partial charge in [0.2, 0.25) is 0 Å². The minimum absolute atomic E-state index is 0.605. The maximum Gasteiger partial charge on any atom is 0.183 e. The highest BCUT2D eigenvalue weighted by molar-refractivity contribution is 8.13. The smallest absolute Gasteiger partial charge is 0.183 e. The van der Waals surface area contributed by atoms with Gasteiger partial charge in [0.15, 0.2) is 11.4 Å². The number of aliphatic imine (C=N–C) groups is 1. The van der Waals surface area contributed by atoms with E-state index in [1.165, 1.54) is 22.9 Å². The largest absolute Gasteiger partial charge is 0.271 e. The Bertz CT molecular complexity index is 647. The number of rotatable bonds is 4. The molecule has 0 radical (unpaired) electrons. The van der Waals surface area contributed by atoms with E-state index in [9.17, 15) is 0 Å². The van der Waals surface area contributed by atoms with Crippen LogP contribution >= 0.6 is 11.8 Å². The summed E-state index contributed by atoms with van der Waals surface area (Å²) in [5, 5.41) is 11.9. The van der Waals surface area contributed by atoms with Crippen molar-refractivity contribution >= 4 is 22.6 Å². The van der Waals surface area contributed by atoms with Gasteiger partial charge in [0.1, 0.15) is 0 Å². The van der Waals surface area contributed by atoms with E-state index in [0.29, 0.717) is 5.17 Å². The fourth-order valence-electron chi connectivity index (χ4n) is 1.94. The molecule has 0 aliphatic rings. The molecule has 5 heteroatoms. The molecule has 4 nitrogen and oxygen atoms in total. The molecule has 0 saturated carbocycles. The molecule has 1 aromatic carbocycles. The number of amidine groups is 1. The third kappa shape index (κ3) is 4.62. The van der Waals surface area contributed by atoms with Crippen molar-refractivity contribution in [2.45, 2.75) is 12.8 Å². The number of para-hydroxylation sites is 1. The van der Waals surface area contributed by atoms with Gasteiger partial charge < -0.3 is 0 Å². The van der Waals surface area contributed by atoms with Crippen LogP contribution in [0.3, 0.4) is 0 Å². The molecule has 0 aliphatic carbocycles. The molecule has 1 N–H and O–H groups in total. The van der Waals surface area contributed by atoms with Crippen molar-refractivity contribution < 1.29 is 0 Å². The summed E-state index contributed by atoms with van der Waals surface area (Å²) in [5.74, 6) is 0. The molecule has 0 atom stereocenters. The Morgan fingerprint density at radius 2 is 2.00 bits per heavy atom. The van der Waals surface area contributed by atoms with Crippen LogP contribution in [0, 0.1) is 11.5 Å². The normalized spacial score (nSPS) is 11.0. The molecule has 0 unspecified atom stereocenters. The van der Waals surface area contributed by atoms with Crippen molar-refractivity contribution in [1.82, 2.24) is 10.3 Å². The summed E-state index contributed by atoms with van der Waals surface area (Å²) in [4.78, 5) is 8.54. The van der Waals surface area contributed by atoms with Gasteiger partial charge in [-0.3, -0.25) is 10.3 Å². The van der Waals surface area contributed by atoms with Crippen molar-refractivity contribution in [3.63, 3.8) is 0 Å². The second-order valence-electron chi connectivity index (χ2n) is 4.34. The number of aryl methyl sites for hydroxylation is 2. The average molecular weight is 296 g/mol. The number of nitrogens with one attached hydrogen (secondary N) is 1. The van der Waals surface area contributed by atoms with E-state index in [-0.39, 0.29) is 0 Å². The first kappa shape index (κ1) is 15.1. The van der Waals surface area contributed by atoms with E-state index >= 15 is 0 Å². The van der Waals surface area contributed by atoms with Crippen molar-refractivity contribution in [3.8, 4) is 6.19 Å². The number of hydrogen-bond acceptors (Lipinski definition) is 4. The lowest BCUT2D eigenvalue weighted by Crippen LogP contribution is -2.12. The number of nitriles is 1. The third-order valence-electron chi connectivity index (χ3n) is 3.00. The van der Waals surface area contributed by atoms with Crippen LogP contribution in [0.25, 0.3) is 0 Å². The molecule has 0 fully saturated rings. The summed E-state index contributed by atoms with van der Waals surface area (Å²) in [6.07, 6.45) is 9.26. The van der Waals surface area contributed by atoms with Crippen molar-refractivity contribution in [2.75, 3.05) is 6.26 Å². The van der Waals surface area contributed by atoms with Gasteiger partial charge >= 0.3 is 0 Å². The van der Waals surface area contributed by atoms with E-state index in [2.05, 4.69) is 21.4 Å². The van der Waals surface area contributed by atoms with Crippen molar-refractivity contribution in [1.29, 1.82) is 5.26 Å². The number of hydrogen-bond donors (Lipinski definition) is 1. The zero-order chi connectivity index (χ0) is 14.9. The molecular formula is C16H16N4S. The average Bonchev–Trinajstić information content (AvgIpc) is 2.54. The summed E-state index contributed by atoms with van der Waals surface area (Å²) in [7, 11) is 0. The Kier molecular flexibility index (Phi) is 5.80. The van der Waals surface area contributed by atoms with E-state index < -0.39 is 0 Å². The van der Waals surface area contributed by atoms with Gasteiger partial charge in [-0.25, -0.2) is 4.99 Å². The topological polar surface area (TPSA) is 61.1 Å². The van der Waals surface area contributed by atoms with Crippen LogP contribution in [0.1, 0.15) is 11.1 Å². The Morgan fingerprint density at radius 3 is 2.71 bits per heavy atom. The molecular weight excluding hydrogens is 280 g/mol. The first-order valence-corrected chi connectivity index (χ1v) is 7.80. The van der Waals surface area contributed by atoms with Crippen molar-refractivity contribution in [3.05, 3.63) is 59.9 Å². The second-order valence-corrected chi connectivity index (χ2v) is 5.14. The molecule has 1 aromatic heterocycles. The number of benzene rings is 1. The van der Waals surface area contributed by atoms with Gasteiger partial charge in [-0.05, 0) is 48.4 Å². The lowest BCUT2D eigenvalue weighted by Gasteiger charge is -2.07. The molecule has 0 spiro atoms. The number of nitrogens with zero attached hydrogens (tertiary/aromatic N) is 3. The van der Waals surface area contributed by atoms with Crippen LogP contribution in [0.5, 0.6) is 0 Å². The van der Waals surface area contributed by atoms with Gasteiger partial charge in [-0.15, -0.1) is 0 Å². The molecule has 1 heterocycles. The highest BCUT2D eigenvalue weighted by atomic mass is 32.2. The van der Waals surface area contributed by atoms with E-state index in [0.717, 1.165) is 18.5 Å². The molecule has 0 bridgehead atoms. The lowest BCUT2D eigenvalue weighted by molar-refractivity contribution is 0.954. The number of thioether (sulfide) groups is 1. The van der Waals surface area contributed by atoms with Gasteiger partial charge in [0, 0.05) is 12.4 Å². The summed E-state index contributed by atoms with van der Waals surface area (Å²) >= 11 is 1.42.